The minimum atomic E-state index is 0.201. The third-order valence-electron chi connectivity index (χ3n) is 6.09. The zero-order chi connectivity index (χ0) is 20.3. The molecule has 0 spiro atoms. The highest BCUT2D eigenvalue weighted by atomic mass is 16.2. The Morgan fingerprint density at radius 3 is 2.13 bits per heavy atom. The number of piperazine rings is 1. The van der Waals surface area contributed by atoms with E-state index in [-0.39, 0.29) is 6.03 Å². The standard InChI is InChI=1S/C24H27N5O/c30-24(28-13-7-2-8-14-28)29-17-15-27(16-18-29)23-20-11-5-6-12-21(20)25-22(26-23)19-9-3-1-4-10-19/h1,3-6,9-12H,2,7-8,13-18H2. The fourth-order valence-corrected chi connectivity index (χ4v) is 4.41. The summed E-state index contributed by atoms with van der Waals surface area (Å²) in [6.07, 6.45) is 3.49. The van der Waals surface area contributed by atoms with E-state index in [0.29, 0.717) is 0 Å². The molecule has 0 unspecified atom stereocenters. The Labute approximate surface area is 177 Å². The van der Waals surface area contributed by atoms with Gasteiger partial charge in [0.05, 0.1) is 5.52 Å². The van der Waals surface area contributed by atoms with Gasteiger partial charge in [0, 0.05) is 50.2 Å². The van der Waals surface area contributed by atoms with Gasteiger partial charge in [0.2, 0.25) is 0 Å². The van der Waals surface area contributed by atoms with Crippen LogP contribution in [-0.4, -0.2) is 65.1 Å². The van der Waals surface area contributed by atoms with Crippen LogP contribution in [0.2, 0.25) is 0 Å². The van der Waals surface area contributed by atoms with Gasteiger partial charge in [-0.1, -0.05) is 42.5 Å². The molecular weight excluding hydrogens is 374 g/mol. The van der Waals surface area contributed by atoms with E-state index in [1.165, 1.54) is 6.42 Å². The number of likely N-dealkylation sites (tertiary alicyclic amines) is 1. The Morgan fingerprint density at radius 2 is 1.37 bits per heavy atom. The van der Waals surface area contributed by atoms with Crippen LogP contribution in [0.4, 0.5) is 10.6 Å². The molecule has 2 saturated heterocycles. The molecule has 0 aliphatic carbocycles. The highest BCUT2D eigenvalue weighted by Crippen LogP contribution is 2.28. The summed E-state index contributed by atoms with van der Waals surface area (Å²) in [5.41, 5.74) is 1.97. The van der Waals surface area contributed by atoms with Gasteiger partial charge in [0.1, 0.15) is 5.82 Å². The van der Waals surface area contributed by atoms with Crippen LogP contribution in [0.5, 0.6) is 0 Å². The lowest BCUT2D eigenvalue weighted by Gasteiger charge is -2.39. The number of carbonyl (C=O) groups excluding carboxylic acids is 1. The molecule has 6 heteroatoms. The Balaban J connectivity index is 1.39. The molecule has 0 saturated carbocycles. The van der Waals surface area contributed by atoms with Crippen molar-refractivity contribution >= 4 is 22.8 Å². The van der Waals surface area contributed by atoms with Crippen LogP contribution in [-0.2, 0) is 0 Å². The number of fused-ring (bicyclic) bond motifs is 1. The normalized spacial score (nSPS) is 17.4. The average Bonchev–Trinajstić information content (AvgIpc) is 2.84. The summed E-state index contributed by atoms with van der Waals surface area (Å²) in [7, 11) is 0. The number of aromatic nitrogens is 2. The molecule has 6 nitrogen and oxygen atoms in total. The number of hydrogen-bond acceptors (Lipinski definition) is 4. The van der Waals surface area contributed by atoms with E-state index in [1.807, 2.05) is 58.3 Å². The molecule has 154 valence electrons. The summed E-state index contributed by atoms with van der Waals surface area (Å²) in [5.74, 6) is 1.71. The van der Waals surface area contributed by atoms with Crippen LogP contribution in [0.15, 0.2) is 54.6 Å². The van der Waals surface area contributed by atoms with Gasteiger partial charge in [0.25, 0.3) is 0 Å². The minimum absolute atomic E-state index is 0.201. The summed E-state index contributed by atoms with van der Waals surface area (Å²) in [4.78, 5) is 28.9. The molecule has 1 aromatic heterocycles. The van der Waals surface area contributed by atoms with Crippen LogP contribution >= 0.6 is 0 Å². The molecule has 3 aromatic rings. The smallest absolute Gasteiger partial charge is 0.320 e. The third-order valence-corrected chi connectivity index (χ3v) is 6.09. The van der Waals surface area contributed by atoms with Gasteiger partial charge in [-0.15, -0.1) is 0 Å². The fourth-order valence-electron chi connectivity index (χ4n) is 4.41. The van der Waals surface area contributed by atoms with E-state index >= 15 is 0 Å². The maximum absolute atomic E-state index is 12.9. The number of benzene rings is 2. The maximum Gasteiger partial charge on any atom is 0.320 e. The predicted molar refractivity (Wildman–Crippen MR) is 120 cm³/mol. The van der Waals surface area contributed by atoms with Gasteiger partial charge < -0.3 is 14.7 Å². The van der Waals surface area contributed by atoms with E-state index < -0.39 is 0 Å². The van der Waals surface area contributed by atoms with E-state index in [0.717, 1.165) is 80.2 Å². The molecule has 2 amide bonds. The monoisotopic (exact) mass is 401 g/mol. The largest absolute Gasteiger partial charge is 0.352 e. The molecule has 30 heavy (non-hydrogen) atoms. The number of carbonyl (C=O) groups is 1. The zero-order valence-corrected chi connectivity index (χ0v) is 17.2. The van der Waals surface area contributed by atoms with Crippen molar-refractivity contribution in [1.29, 1.82) is 0 Å². The van der Waals surface area contributed by atoms with Crippen molar-refractivity contribution < 1.29 is 4.79 Å². The van der Waals surface area contributed by atoms with Gasteiger partial charge in [-0.2, -0.15) is 0 Å². The second-order valence-electron chi connectivity index (χ2n) is 8.06. The van der Waals surface area contributed by atoms with Gasteiger partial charge in [-0.3, -0.25) is 0 Å². The van der Waals surface area contributed by atoms with Crippen LogP contribution < -0.4 is 4.90 Å². The first-order valence-corrected chi connectivity index (χ1v) is 10.9. The first kappa shape index (κ1) is 18.9. The highest BCUT2D eigenvalue weighted by Gasteiger charge is 2.27. The SMILES string of the molecule is O=C(N1CCCCC1)N1CCN(c2nc(-c3ccccc3)nc3ccccc23)CC1. The van der Waals surface area contributed by atoms with Gasteiger partial charge in [-0.25, -0.2) is 14.8 Å². The summed E-state index contributed by atoms with van der Waals surface area (Å²) in [6, 6.07) is 18.5. The number of anilines is 1. The van der Waals surface area contributed by atoms with Crippen LogP contribution in [0.3, 0.4) is 0 Å². The Morgan fingerprint density at radius 1 is 0.700 bits per heavy atom. The van der Waals surface area contributed by atoms with E-state index in [1.54, 1.807) is 0 Å². The summed E-state index contributed by atoms with van der Waals surface area (Å²) < 4.78 is 0. The van der Waals surface area contributed by atoms with Crippen LogP contribution in [0, 0.1) is 0 Å². The Kier molecular flexibility index (Phi) is 5.22. The van der Waals surface area contributed by atoms with Gasteiger partial charge in [-0.05, 0) is 31.4 Å². The molecule has 3 heterocycles. The topological polar surface area (TPSA) is 52.6 Å². The summed E-state index contributed by atoms with van der Waals surface area (Å²) >= 11 is 0. The second kappa shape index (κ2) is 8.30. The summed E-state index contributed by atoms with van der Waals surface area (Å²) in [6.45, 7) is 4.83. The third kappa shape index (κ3) is 3.70. The first-order valence-electron chi connectivity index (χ1n) is 10.9. The molecule has 0 bridgehead atoms. The molecular formula is C24H27N5O. The second-order valence-corrected chi connectivity index (χ2v) is 8.06. The number of amides is 2. The maximum atomic E-state index is 12.9. The van der Waals surface area contributed by atoms with Crippen molar-refractivity contribution in [2.24, 2.45) is 0 Å². The number of piperidine rings is 1. The number of nitrogens with zero attached hydrogens (tertiary/aromatic N) is 5. The lowest BCUT2D eigenvalue weighted by atomic mass is 10.1. The van der Waals surface area contributed by atoms with Crippen LogP contribution in [0.1, 0.15) is 19.3 Å². The fraction of sp³-hybridized carbons (Fsp3) is 0.375. The number of para-hydroxylation sites is 1. The number of hydrogen-bond donors (Lipinski definition) is 0. The molecule has 2 aromatic carbocycles. The molecule has 2 aliphatic heterocycles. The lowest BCUT2D eigenvalue weighted by molar-refractivity contribution is 0.141. The Bertz CT molecular complexity index is 1020. The lowest BCUT2D eigenvalue weighted by Crippen LogP contribution is -2.53. The van der Waals surface area contributed by atoms with Gasteiger partial charge in [0.15, 0.2) is 5.82 Å². The molecule has 2 aliphatic rings. The van der Waals surface area contributed by atoms with Crippen molar-refractivity contribution in [3.8, 4) is 11.4 Å². The molecule has 2 fully saturated rings. The van der Waals surface area contributed by atoms with Crippen molar-refractivity contribution in [2.75, 3.05) is 44.2 Å². The molecule has 0 radical (unpaired) electrons. The average molecular weight is 402 g/mol. The number of rotatable bonds is 2. The molecule has 5 rings (SSSR count). The van der Waals surface area contributed by atoms with E-state index in [9.17, 15) is 4.79 Å². The highest BCUT2D eigenvalue weighted by molar-refractivity contribution is 5.91. The zero-order valence-electron chi connectivity index (χ0n) is 17.2. The van der Waals surface area contributed by atoms with E-state index in [4.69, 9.17) is 9.97 Å². The first-order chi connectivity index (χ1) is 14.8. The molecule has 0 N–H and O–H groups in total. The van der Waals surface area contributed by atoms with E-state index in [2.05, 4.69) is 11.0 Å². The minimum Gasteiger partial charge on any atom is -0.352 e. The van der Waals surface area contributed by atoms with Crippen molar-refractivity contribution in [3.63, 3.8) is 0 Å². The van der Waals surface area contributed by atoms with Gasteiger partial charge >= 0.3 is 6.03 Å². The van der Waals surface area contributed by atoms with Crippen LogP contribution in [0.25, 0.3) is 22.3 Å². The number of urea groups is 1. The van der Waals surface area contributed by atoms with Crippen molar-refractivity contribution in [1.82, 2.24) is 19.8 Å². The predicted octanol–water partition coefficient (Wildman–Crippen LogP) is 4.02. The Hall–Kier alpha value is -3.15. The molecule has 0 atom stereocenters. The van der Waals surface area contributed by atoms with Crippen molar-refractivity contribution in [2.45, 2.75) is 19.3 Å². The van der Waals surface area contributed by atoms with Crippen molar-refractivity contribution in [3.05, 3.63) is 54.6 Å². The quantitative estimate of drug-likeness (QED) is 0.651. The summed E-state index contributed by atoms with van der Waals surface area (Å²) in [5, 5.41) is 1.06.